The fourth-order valence-electron chi connectivity index (χ4n) is 1.32. The van der Waals surface area contributed by atoms with Crippen LogP contribution in [0.5, 0.6) is 11.5 Å². The van der Waals surface area contributed by atoms with Crippen molar-refractivity contribution in [3.05, 3.63) is 27.7 Å². The summed E-state index contributed by atoms with van der Waals surface area (Å²) in [6, 6.07) is 3.37. The third-order valence-electron chi connectivity index (χ3n) is 2.20. The zero-order valence-electron chi connectivity index (χ0n) is 10.3. The van der Waals surface area contributed by atoms with Gasteiger partial charge in [-0.05, 0) is 23.8 Å². The van der Waals surface area contributed by atoms with E-state index in [1.807, 2.05) is 0 Å². The minimum Gasteiger partial charge on any atom is -0.504 e. The molecule has 0 aromatic heterocycles. The molecule has 20 heavy (non-hydrogen) atoms. The normalized spacial score (nSPS) is 10.6. The Morgan fingerprint density at radius 3 is 2.70 bits per heavy atom. The zero-order chi connectivity index (χ0) is 15.3. The summed E-state index contributed by atoms with van der Waals surface area (Å²) in [5, 5.41) is 20.3. The van der Waals surface area contributed by atoms with Crippen molar-refractivity contribution in [3.63, 3.8) is 0 Å². The number of amides is 3. The van der Waals surface area contributed by atoms with E-state index in [-0.39, 0.29) is 17.1 Å². The lowest BCUT2D eigenvalue weighted by Gasteiger charge is -2.07. The smallest absolute Gasteiger partial charge is 0.319 e. The van der Waals surface area contributed by atoms with E-state index in [0.29, 0.717) is 10.0 Å². The number of aromatic hydroxyl groups is 1. The van der Waals surface area contributed by atoms with Gasteiger partial charge in [-0.3, -0.25) is 10.1 Å². The van der Waals surface area contributed by atoms with Crippen LogP contribution in [0.1, 0.15) is 5.56 Å². The first-order chi connectivity index (χ1) is 9.38. The van der Waals surface area contributed by atoms with Crippen LogP contribution in [-0.4, -0.2) is 24.2 Å². The summed E-state index contributed by atoms with van der Waals surface area (Å²) in [6.45, 7) is 0. The number of nitrogens with two attached hydrogens (primary N) is 1. The van der Waals surface area contributed by atoms with Gasteiger partial charge in [-0.2, -0.15) is 5.26 Å². The second-order valence-electron chi connectivity index (χ2n) is 3.53. The average molecular weight is 340 g/mol. The van der Waals surface area contributed by atoms with Crippen molar-refractivity contribution in [3.8, 4) is 17.6 Å². The SMILES string of the molecule is COc1cc(/C=C(/C#N)C(=O)NC(N)=O)c(Br)cc1O. The van der Waals surface area contributed by atoms with Crippen LogP contribution in [0, 0.1) is 11.3 Å². The Morgan fingerprint density at radius 1 is 1.55 bits per heavy atom. The van der Waals surface area contributed by atoms with Crippen LogP contribution in [0.25, 0.3) is 6.08 Å². The van der Waals surface area contributed by atoms with Crippen LogP contribution in [0.15, 0.2) is 22.2 Å². The molecule has 1 aromatic carbocycles. The van der Waals surface area contributed by atoms with Crippen molar-refractivity contribution in [1.29, 1.82) is 5.26 Å². The van der Waals surface area contributed by atoms with E-state index in [0.717, 1.165) is 0 Å². The molecule has 0 bridgehead atoms. The Morgan fingerprint density at radius 2 is 2.20 bits per heavy atom. The first kappa shape index (κ1) is 15.5. The molecule has 4 N–H and O–H groups in total. The van der Waals surface area contributed by atoms with E-state index in [2.05, 4.69) is 15.9 Å². The monoisotopic (exact) mass is 339 g/mol. The van der Waals surface area contributed by atoms with E-state index in [4.69, 9.17) is 15.7 Å². The minimum absolute atomic E-state index is 0.100. The maximum atomic E-state index is 11.5. The van der Waals surface area contributed by atoms with E-state index < -0.39 is 11.9 Å². The molecule has 0 atom stereocenters. The molecule has 1 rings (SSSR count). The number of benzene rings is 1. The highest BCUT2D eigenvalue weighted by atomic mass is 79.9. The average Bonchev–Trinajstić information content (AvgIpc) is 2.36. The standard InChI is InChI=1S/C12H10BrN3O4/c1-20-10-3-6(8(13)4-9(10)17)2-7(5-14)11(18)16-12(15)19/h2-4,17H,1H3,(H3,15,16,18,19)/b7-2-. The molecule has 0 unspecified atom stereocenters. The maximum absolute atomic E-state index is 11.5. The van der Waals surface area contributed by atoms with Gasteiger partial charge in [0.1, 0.15) is 11.6 Å². The molecule has 0 radical (unpaired) electrons. The minimum atomic E-state index is -1.06. The van der Waals surface area contributed by atoms with Crippen molar-refractivity contribution >= 4 is 33.9 Å². The molecule has 1 aromatic rings. The number of carbonyl (C=O) groups is 2. The van der Waals surface area contributed by atoms with Crippen LogP contribution >= 0.6 is 15.9 Å². The number of ether oxygens (including phenoxy) is 1. The Hall–Kier alpha value is -2.53. The highest BCUT2D eigenvalue weighted by molar-refractivity contribution is 9.10. The fourth-order valence-corrected chi connectivity index (χ4v) is 1.76. The fraction of sp³-hybridized carbons (Fsp3) is 0.0833. The Balaban J connectivity index is 3.23. The van der Waals surface area contributed by atoms with Gasteiger partial charge in [0, 0.05) is 4.47 Å². The number of nitrogens with zero attached hydrogens (tertiary/aromatic N) is 1. The number of hydrogen-bond donors (Lipinski definition) is 3. The van der Waals surface area contributed by atoms with Gasteiger partial charge in [-0.1, -0.05) is 15.9 Å². The number of primary amides is 1. The van der Waals surface area contributed by atoms with Crippen LogP contribution in [0.4, 0.5) is 4.79 Å². The van der Waals surface area contributed by atoms with Crippen LogP contribution in [-0.2, 0) is 4.79 Å². The number of nitrogens with one attached hydrogen (secondary N) is 1. The van der Waals surface area contributed by atoms with Crippen molar-refractivity contribution < 1.29 is 19.4 Å². The molecular weight excluding hydrogens is 330 g/mol. The number of carbonyl (C=O) groups excluding carboxylic acids is 2. The molecule has 104 valence electrons. The summed E-state index contributed by atoms with van der Waals surface area (Å²) < 4.78 is 5.36. The van der Waals surface area contributed by atoms with Gasteiger partial charge in [-0.25, -0.2) is 4.79 Å². The number of urea groups is 1. The summed E-state index contributed by atoms with van der Waals surface area (Å²) >= 11 is 3.18. The molecule has 0 saturated carbocycles. The van der Waals surface area contributed by atoms with E-state index in [1.165, 1.54) is 25.3 Å². The van der Waals surface area contributed by atoms with Gasteiger partial charge < -0.3 is 15.6 Å². The summed E-state index contributed by atoms with van der Waals surface area (Å²) in [5.74, 6) is -0.845. The Bertz CT molecular complexity index is 634. The van der Waals surface area contributed by atoms with Crippen LogP contribution in [0.2, 0.25) is 0 Å². The number of rotatable bonds is 3. The second-order valence-corrected chi connectivity index (χ2v) is 4.39. The van der Waals surface area contributed by atoms with Gasteiger partial charge in [0.05, 0.1) is 7.11 Å². The lowest BCUT2D eigenvalue weighted by molar-refractivity contribution is -0.115. The first-order valence-electron chi connectivity index (χ1n) is 5.18. The zero-order valence-corrected chi connectivity index (χ0v) is 11.9. The lowest BCUT2D eigenvalue weighted by Crippen LogP contribution is -2.35. The molecule has 0 aliphatic heterocycles. The number of halogens is 1. The number of imide groups is 1. The summed E-state index contributed by atoms with van der Waals surface area (Å²) in [6.07, 6.45) is 1.23. The molecular formula is C12H10BrN3O4. The highest BCUT2D eigenvalue weighted by Crippen LogP contribution is 2.33. The summed E-state index contributed by atoms with van der Waals surface area (Å²) in [5.41, 5.74) is 4.90. The number of hydrogen-bond acceptors (Lipinski definition) is 5. The van der Waals surface area contributed by atoms with Crippen molar-refractivity contribution in [2.45, 2.75) is 0 Å². The van der Waals surface area contributed by atoms with Crippen LogP contribution in [0.3, 0.4) is 0 Å². The van der Waals surface area contributed by atoms with Crippen molar-refractivity contribution in [1.82, 2.24) is 5.32 Å². The van der Waals surface area contributed by atoms with E-state index in [1.54, 1.807) is 11.4 Å². The summed E-state index contributed by atoms with van der Waals surface area (Å²) in [7, 11) is 1.36. The molecule has 3 amide bonds. The lowest BCUT2D eigenvalue weighted by atomic mass is 10.1. The second kappa shape index (κ2) is 6.58. The van der Waals surface area contributed by atoms with Crippen molar-refractivity contribution in [2.75, 3.05) is 7.11 Å². The first-order valence-corrected chi connectivity index (χ1v) is 5.97. The van der Waals surface area contributed by atoms with Crippen LogP contribution < -0.4 is 15.8 Å². The largest absolute Gasteiger partial charge is 0.504 e. The number of nitriles is 1. The molecule has 0 heterocycles. The molecule has 7 nitrogen and oxygen atoms in total. The molecule has 0 aliphatic carbocycles. The number of methoxy groups -OCH3 is 1. The summed E-state index contributed by atoms with van der Waals surface area (Å²) in [4.78, 5) is 22.1. The predicted molar refractivity (Wildman–Crippen MR) is 73.7 cm³/mol. The molecule has 0 fully saturated rings. The molecule has 0 aliphatic rings. The van der Waals surface area contributed by atoms with Gasteiger partial charge in [0.2, 0.25) is 0 Å². The Labute approximate surface area is 122 Å². The van der Waals surface area contributed by atoms with Gasteiger partial charge >= 0.3 is 6.03 Å². The molecule has 0 saturated heterocycles. The third kappa shape index (κ3) is 3.73. The number of phenols is 1. The molecule has 0 spiro atoms. The third-order valence-corrected chi connectivity index (χ3v) is 2.89. The quantitative estimate of drug-likeness (QED) is 0.564. The topological polar surface area (TPSA) is 125 Å². The van der Waals surface area contributed by atoms with E-state index in [9.17, 15) is 14.7 Å². The maximum Gasteiger partial charge on any atom is 0.319 e. The van der Waals surface area contributed by atoms with Crippen molar-refractivity contribution in [2.24, 2.45) is 5.73 Å². The predicted octanol–water partition coefficient (Wildman–Crippen LogP) is 1.27. The highest BCUT2D eigenvalue weighted by Gasteiger charge is 2.13. The van der Waals surface area contributed by atoms with E-state index >= 15 is 0 Å². The van der Waals surface area contributed by atoms with Gasteiger partial charge in [0.25, 0.3) is 5.91 Å². The molecule has 8 heteroatoms. The van der Waals surface area contributed by atoms with Gasteiger partial charge in [-0.15, -0.1) is 0 Å². The Kier molecular flexibility index (Phi) is 5.11. The van der Waals surface area contributed by atoms with Gasteiger partial charge in [0.15, 0.2) is 11.5 Å². The number of phenolic OH excluding ortho intramolecular Hbond substituents is 1.